The molecular formula is C15H21N5O2. The van der Waals surface area contributed by atoms with Crippen molar-refractivity contribution in [1.82, 2.24) is 23.8 Å². The highest BCUT2D eigenvalue weighted by atomic mass is 16.2. The van der Waals surface area contributed by atoms with Crippen molar-refractivity contribution < 1.29 is 0 Å². The molecule has 0 bridgehead atoms. The van der Waals surface area contributed by atoms with Gasteiger partial charge in [0.1, 0.15) is 0 Å². The lowest BCUT2D eigenvalue weighted by molar-refractivity contribution is 0.241. The van der Waals surface area contributed by atoms with Gasteiger partial charge in [-0.05, 0) is 19.4 Å². The van der Waals surface area contributed by atoms with Crippen molar-refractivity contribution in [3.63, 3.8) is 0 Å². The fourth-order valence-corrected chi connectivity index (χ4v) is 3.14. The number of aryl methyl sites for hydroxylation is 1. The number of aromatic nitrogens is 4. The highest BCUT2D eigenvalue weighted by Gasteiger charge is 2.27. The van der Waals surface area contributed by atoms with Gasteiger partial charge >= 0.3 is 5.69 Å². The second-order valence-electron chi connectivity index (χ2n) is 5.95. The van der Waals surface area contributed by atoms with E-state index in [1.807, 2.05) is 19.4 Å². The molecule has 0 N–H and O–H groups in total. The van der Waals surface area contributed by atoms with Gasteiger partial charge in [-0.25, -0.2) is 4.79 Å². The first-order valence-corrected chi connectivity index (χ1v) is 7.46. The molecule has 1 fully saturated rings. The summed E-state index contributed by atoms with van der Waals surface area (Å²) in [6, 6.07) is 1.85. The molecule has 1 aliphatic heterocycles. The van der Waals surface area contributed by atoms with Crippen LogP contribution in [0.4, 0.5) is 0 Å². The second-order valence-corrected chi connectivity index (χ2v) is 5.95. The minimum Gasteiger partial charge on any atom is -0.299 e. The van der Waals surface area contributed by atoms with E-state index in [1.54, 1.807) is 22.4 Å². The van der Waals surface area contributed by atoms with E-state index in [2.05, 4.69) is 10.00 Å². The summed E-state index contributed by atoms with van der Waals surface area (Å²) in [5, 5.41) is 4.24. The predicted molar refractivity (Wildman–Crippen MR) is 82.5 cm³/mol. The molecule has 7 nitrogen and oxygen atoms in total. The van der Waals surface area contributed by atoms with Gasteiger partial charge in [-0.3, -0.25) is 23.5 Å². The summed E-state index contributed by atoms with van der Waals surface area (Å²) in [4.78, 5) is 26.2. The molecular weight excluding hydrogens is 282 g/mol. The predicted octanol–water partition coefficient (Wildman–Crippen LogP) is 0.155. The summed E-state index contributed by atoms with van der Waals surface area (Å²) in [5.41, 5.74) is 1.41. The van der Waals surface area contributed by atoms with Gasteiger partial charge in [-0.15, -0.1) is 0 Å². The Morgan fingerprint density at radius 2 is 2.00 bits per heavy atom. The maximum absolute atomic E-state index is 12.0. The van der Waals surface area contributed by atoms with Gasteiger partial charge in [0.2, 0.25) is 0 Å². The molecule has 1 atom stereocenters. The summed E-state index contributed by atoms with van der Waals surface area (Å²) in [6.45, 7) is 1.56. The molecule has 22 heavy (non-hydrogen) atoms. The number of likely N-dealkylation sites (tertiary alicyclic amines) is 1. The molecule has 0 aliphatic carbocycles. The highest BCUT2D eigenvalue weighted by molar-refractivity contribution is 5.13. The Morgan fingerprint density at radius 1 is 1.23 bits per heavy atom. The van der Waals surface area contributed by atoms with Crippen LogP contribution in [0.5, 0.6) is 0 Å². The normalized spacial score (nSPS) is 19.0. The molecule has 1 saturated heterocycles. The molecule has 0 saturated carbocycles. The van der Waals surface area contributed by atoms with Crippen LogP contribution in [-0.4, -0.2) is 30.4 Å². The van der Waals surface area contributed by atoms with Crippen LogP contribution >= 0.6 is 0 Å². The third kappa shape index (κ3) is 2.52. The number of hydrogen-bond donors (Lipinski definition) is 0. The summed E-state index contributed by atoms with van der Waals surface area (Å²) in [5.74, 6) is 0. The minimum absolute atomic E-state index is 0.254. The Kier molecular flexibility index (Phi) is 3.74. The smallest absolute Gasteiger partial charge is 0.299 e. The lowest BCUT2D eigenvalue weighted by Crippen LogP contribution is -2.39. The maximum atomic E-state index is 12.0. The number of hydrogen-bond acceptors (Lipinski definition) is 4. The molecule has 1 aliphatic rings. The van der Waals surface area contributed by atoms with Crippen LogP contribution in [0.25, 0.3) is 0 Å². The fourth-order valence-electron chi connectivity index (χ4n) is 3.14. The molecule has 7 heteroatoms. The van der Waals surface area contributed by atoms with Crippen LogP contribution < -0.4 is 11.2 Å². The van der Waals surface area contributed by atoms with E-state index in [4.69, 9.17) is 0 Å². The van der Waals surface area contributed by atoms with Gasteiger partial charge in [0.25, 0.3) is 5.56 Å². The van der Waals surface area contributed by atoms with Crippen molar-refractivity contribution in [2.75, 3.05) is 6.54 Å². The first-order chi connectivity index (χ1) is 10.5. The third-order valence-electron chi connectivity index (χ3n) is 4.46. The summed E-state index contributed by atoms with van der Waals surface area (Å²) in [7, 11) is 5.13. The number of rotatable bonds is 3. The van der Waals surface area contributed by atoms with E-state index in [9.17, 15) is 9.59 Å². The SMILES string of the molecule is Cn1cc([C@H]2CCCN2Cc2cc(=O)n(C)c(=O)n2C)cn1. The summed E-state index contributed by atoms with van der Waals surface area (Å²) >= 11 is 0. The molecule has 0 spiro atoms. The molecule has 0 amide bonds. The molecule has 3 rings (SSSR count). The van der Waals surface area contributed by atoms with E-state index < -0.39 is 0 Å². The zero-order valence-electron chi connectivity index (χ0n) is 13.2. The van der Waals surface area contributed by atoms with Gasteiger partial charge in [0, 0.05) is 57.3 Å². The van der Waals surface area contributed by atoms with Gasteiger partial charge < -0.3 is 0 Å². The zero-order chi connectivity index (χ0) is 15.9. The third-order valence-corrected chi connectivity index (χ3v) is 4.46. The van der Waals surface area contributed by atoms with Gasteiger partial charge in [-0.2, -0.15) is 5.10 Å². The maximum Gasteiger partial charge on any atom is 0.330 e. The van der Waals surface area contributed by atoms with Gasteiger partial charge in [0.15, 0.2) is 0 Å². The van der Waals surface area contributed by atoms with E-state index in [0.29, 0.717) is 12.6 Å². The average molecular weight is 303 g/mol. The first-order valence-electron chi connectivity index (χ1n) is 7.46. The summed E-state index contributed by atoms with van der Waals surface area (Å²) < 4.78 is 4.49. The van der Waals surface area contributed by atoms with Gasteiger partial charge in [0.05, 0.1) is 6.20 Å². The average Bonchev–Trinajstić information content (AvgIpc) is 3.11. The molecule has 0 radical (unpaired) electrons. The molecule has 118 valence electrons. The van der Waals surface area contributed by atoms with E-state index in [0.717, 1.165) is 29.6 Å². The van der Waals surface area contributed by atoms with Gasteiger partial charge in [-0.1, -0.05) is 0 Å². The fraction of sp³-hybridized carbons (Fsp3) is 0.533. The van der Waals surface area contributed by atoms with E-state index >= 15 is 0 Å². The molecule has 0 aromatic carbocycles. The van der Waals surface area contributed by atoms with Crippen LogP contribution in [0, 0.1) is 0 Å². The minimum atomic E-state index is -0.278. The van der Waals surface area contributed by atoms with Crippen molar-refractivity contribution in [2.24, 2.45) is 21.1 Å². The van der Waals surface area contributed by atoms with Crippen LogP contribution in [-0.2, 0) is 27.7 Å². The Morgan fingerprint density at radius 3 is 2.68 bits per heavy atom. The Balaban J connectivity index is 1.90. The molecule has 0 unspecified atom stereocenters. The van der Waals surface area contributed by atoms with Crippen molar-refractivity contribution in [3.8, 4) is 0 Å². The van der Waals surface area contributed by atoms with Crippen molar-refractivity contribution >= 4 is 0 Å². The van der Waals surface area contributed by atoms with Crippen LogP contribution in [0.3, 0.4) is 0 Å². The Bertz CT molecular complexity index is 801. The van der Waals surface area contributed by atoms with Crippen LogP contribution in [0.2, 0.25) is 0 Å². The quantitative estimate of drug-likeness (QED) is 0.810. The lowest BCUT2D eigenvalue weighted by Gasteiger charge is -2.24. The molecule has 2 aromatic rings. The highest BCUT2D eigenvalue weighted by Crippen LogP contribution is 2.32. The summed E-state index contributed by atoms with van der Waals surface area (Å²) in [6.07, 6.45) is 6.11. The van der Waals surface area contributed by atoms with Crippen LogP contribution in [0.1, 0.15) is 30.1 Å². The zero-order valence-corrected chi connectivity index (χ0v) is 13.2. The van der Waals surface area contributed by atoms with Crippen molar-refractivity contribution in [3.05, 3.63) is 50.6 Å². The van der Waals surface area contributed by atoms with E-state index in [-0.39, 0.29) is 11.2 Å². The molecule has 3 heterocycles. The lowest BCUT2D eigenvalue weighted by atomic mass is 10.1. The molecule has 2 aromatic heterocycles. The number of nitrogens with zero attached hydrogens (tertiary/aromatic N) is 5. The van der Waals surface area contributed by atoms with Crippen molar-refractivity contribution in [2.45, 2.75) is 25.4 Å². The topological polar surface area (TPSA) is 65.1 Å². The monoisotopic (exact) mass is 303 g/mol. The Labute approximate surface area is 128 Å². The Hall–Kier alpha value is -2.15. The van der Waals surface area contributed by atoms with E-state index in [1.165, 1.54) is 12.6 Å². The largest absolute Gasteiger partial charge is 0.330 e. The van der Waals surface area contributed by atoms with Crippen LogP contribution in [0.15, 0.2) is 28.0 Å². The van der Waals surface area contributed by atoms with Crippen molar-refractivity contribution in [1.29, 1.82) is 0 Å². The first kappa shape index (κ1) is 14.8. The standard InChI is InChI=1S/C15H21N5O2/c1-17-9-11(8-16-17)13-5-4-6-20(13)10-12-7-14(21)19(3)15(22)18(12)2/h7-9,13H,4-6,10H2,1-3H3/t13-/m1/s1. The second kappa shape index (κ2) is 5.57.